The number of rotatable bonds is 8. The van der Waals surface area contributed by atoms with Crippen LogP contribution in [0.3, 0.4) is 0 Å². The van der Waals surface area contributed by atoms with Crippen molar-refractivity contribution in [3.05, 3.63) is 35.9 Å². The van der Waals surface area contributed by atoms with E-state index in [0.29, 0.717) is 12.5 Å². The van der Waals surface area contributed by atoms with E-state index in [1.807, 2.05) is 11.9 Å². The number of hydrogen-bond donors (Lipinski definition) is 3. The first-order valence-electron chi connectivity index (χ1n) is 12.7. The van der Waals surface area contributed by atoms with Crippen molar-refractivity contribution < 1.29 is 14.7 Å². The molecular formula is C26H41N5O3. The summed E-state index contributed by atoms with van der Waals surface area (Å²) >= 11 is 0. The minimum absolute atomic E-state index is 0.0194. The Bertz CT molecular complexity index is 849. The highest BCUT2D eigenvalue weighted by molar-refractivity contribution is 5.85. The predicted molar refractivity (Wildman–Crippen MR) is 132 cm³/mol. The Balaban J connectivity index is 1.46. The van der Waals surface area contributed by atoms with Gasteiger partial charge in [0.1, 0.15) is 0 Å². The first kappa shape index (κ1) is 25.1. The van der Waals surface area contributed by atoms with Gasteiger partial charge in [0.05, 0.1) is 13.1 Å². The van der Waals surface area contributed by atoms with Gasteiger partial charge in [0.2, 0.25) is 11.8 Å². The summed E-state index contributed by atoms with van der Waals surface area (Å²) in [6.07, 6.45) is 6.83. The largest absolute Gasteiger partial charge is 0.365 e. The van der Waals surface area contributed by atoms with Crippen LogP contribution in [0.5, 0.6) is 0 Å². The summed E-state index contributed by atoms with van der Waals surface area (Å²) < 4.78 is 0. The number of nitrogens with zero attached hydrogens (tertiary/aromatic N) is 3. The summed E-state index contributed by atoms with van der Waals surface area (Å²) in [5.41, 5.74) is 1.12. The number of benzene rings is 1. The molecule has 2 amide bonds. The average molecular weight is 472 g/mol. The summed E-state index contributed by atoms with van der Waals surface area (Å²) in [5, 5.41) is 17.7. The van der Waals surface area contributed by atoms with Crippen LogP contribution in [0.25, 0.3) is 0 Å². The van der Waals surface area contributed by atoms with Gasteiger partial charge < -0.3 is 20.6 Å². The van der Waals surface area contributed by atoms with E-state index in [-0.39, 0.29) is 36.0 Å². The van der Waals surface area contributed by atoms with E-state index in [1.54, 1.807) is 14.1 Å². The van der Waals surface area contributed by atoms with E-state index in [0.717, 1.165) is 32.2 Å². The number of hydrogen-bond acceptors (Lipinski definition) is 6. The molecule has 2 aliphatic carbocycles. The number of aliphatic hydroxyl groups is 1. The quantitative estimate of drug-likeness (QED) is 0.530. The van der Waals surface area contributed by atoms with Gasteiger partial charge in [-0.15, -0.1) is 0 Å². The van der Waals surface area contributed by atoms with Gasteiger partial charge in [-0.25, -0.2) is 0 Å². The van der Waals surface area contributed by atoms with Crippen LogP contribution >= 0.6 is 0 Å². The van der Waals surface area contributed by atoms with Crippen molar-refractivity contribution in [3.63, 3.8) is 0 Å². The fourth-order valence-electron chi connectivity index (χ4n) is 5.97. The Morgan fingerprint density at radius 3 is 2.35 bits per heavy atom. The summed E-state index contributed by atoms with van der Waals surface area (Å²) in [7, 11) is 5.39. The fraction of sp³-hybridized carbons (Fsp3) is 0.692. The third kappa shape index (κ3) is 5.00. The Hall–Kier alpha value is -2.00. The van der Waals surface area contributed by atoms with Gasteiger partial charge in [-0.05, 0) is 57.1 Å². The van der Waals surface area contributed by atoms with E-state index in [9.17, 15) is 14.7 Å². The Morgan fingerprint density at radius 1 is 1.12 bits per heavy atom. The third-order valence-electron chi connectivity index (χ3n) is 8.51. The molecule has 1 spiro atoms. The molecule has 1 heterocycles. The van der Waals surface area contributed by atoms with E-state index < -0.39 is 6.35 Å². The average Bonchev–Trinajstić information content (AvgIpc) is 3.06. The van der Waals surface area contributed by atoms with Gasteiger partial charge in [-0.3, -0.25) is 19.4 Å². The Kier molecular flexibility index (Phi) is 7.62. The van der Waals surface area contributed by atoms with Crippen LogP contribution in [-0.2, 0) is 15.1 Å². The SMILES string of the molecule is CNC1(c2ccccc2)CCC2(CC1)CN(CC(=O)NCC(=O)N(C)C)C(O)N2CC1CCC1. The molecule has 2 saturated carbocycles. The van der Waals surface area contributed by atoms with Crippen LogP contribution in [0.2, 0.25) is 0 Å². The molecule has 1 atom stereocenters. The summed E-state index contributed by atoms with van der Waals surface area (Å²) in [6.45, 7) is 1.63. The van der Waals surface area contributed by atoms with Crippen LogP contribution in [0.15, 0.2) is 30.3 Å². The second kappa shape index (κ2) is 10.3. The number of carbonyl (C=O) groups excluding carboxylic acids is 2. The molecular weight excluding hydrogens is 430 g/mol. The second-order valence-corrected chi connectivity index (χ2v) is 10.7. The van der Waals surface area contributed by atoms with Crippen LogP contribution in [-0.4, -0.2) is 90.8 Å². The molecule has 4 rings (SSSR count). The lowest BCUT2D eigenvalue weighted by molar-refractivity contribution is -0.134. The highest BCUT2D eigenvalue weighted by Crippen LogP contribution is 2.48. The molecule has 0 aromatic heterocycles. The first-order chi connectivity index (χ1) is 16.3. The molecule has 0 radical (unpaired) electrons. The highest BCUT2D eigenvalue weighted by atomic mass is 16.3. The fourth-order valence-corrected chi connectivity index (χ4v) is 5.97. The molecule has 1 aliphatic heterocycles. The van der Waals surface area contributed by atoms with Crippen LogP contribution in [0.4, 0.5) is 0 Å². The number of carbonyl (C=O) groups is 2. The van der Waals surface area contributed by atoms with Crippen molar-refractivity contribution in [2.45, 2.75) is 62.4 Å². The van der Waals surface area contributed by atoms with E-state index >= 15 is 0 Å². The molecule has 3 fully saturated rings. The normalized spacial score (nSPS) is 30.3. The smallest absolute Gasteiger partial charge is 0.241 e. The maximum absolute atomic E-state index is 12.6. The lowest BCUT2D eigenvalue weighted by Gasteiger charge is -2.50. The van der Waals surface area contributed by atoms with E-state index in [1.165, 1.54) is 29.7 Å². The monoisotopic (exact) mass is 471 g/mol. The molecule has 1 unspecified atom stereocenters. The van der Waals surface area contributed by atoms with Crippen LogP contribution in [0.1, 0.15) is 50.5 Å². The highest BCUT2D eigenvalue weighted by Gasteiger charge is 2.54. The van der Waals surface area contributed by atoms with Gasteiger partial charge in [0.25, 0.3) is 0 Å². The van der Waals surface area contributed by atoms with Gasteiger partial charge >= 0.3 is 0 Å². The summed E-state index contributed by atoms with van der Waals surface area (Å²) in [5.74, 6) is 0.262. The van der Waals surface area contributed by atoms with Crippen molar-refractivity contribution in [2.75, 3.05) is 47.3 Å². The molecule has 0 bridgehead atoms. The number of amides is 2. The molecule has 3 aliphatic rings. The first-order valence-corrected chi connectivity index (χ1v) is 12.7. The molecule has 1 saturated heterocycles. The van der Waals surface area contributed by atoms with E-state index in [2.05, 4.69) is 45.9 Å². The maximum atomic E-state index is 12.6. The topological polar surface area (TPSA) is 88.2 Å². The van der Waals surface area contributed by atoms with Crippen molar-refractivity contribution in [1.29, 1.82) is 0 Å². The number of nitrogens with one attached hydrogen (secondary N) is 2. The van der Waals surface area contributed by atoms with Crippen molar-refractivity contribution >= 4 is 11.8 Å². The molecule has 8 heteroatoms. The zero-order chi connectivity index (χ0) is 24.3. The zero-order valence-electron chi connectivity index (χ0n) is 20.9. The minimum atomic E-state index is -0.769. The lowest BCUT2D eigenvalue weighted by Crippen LogP contribution is -2.57. The van der Waals surface area contributed by atoms with Crippen molar-refractivity contribution in [3.8, 4) is 0 Å². The molecule has 1 aromatic rings. The lowest BCUT2D eigenvalue weighted by atomic mass is 9.68. The molecule has 34 heavy (non-hydrogen) atoms. The number of likely N-dealkylation sites (N-methyl/N-ethyl adjacent to an activating group) is 1. The van der Waals surface area contributed by atoms with Gasteiger partial charge in [0, 0.05) is 38.3 Å². The minimum Gasteiger partial charge on any atom is -0.365 e. The second-order valence-electron chi connectivity index (χ2n) is 10.7. The maximum Gasteiger partial charge on any atom is 0.241 e. The predicted octanol–water partition coefficient (Wildman–Crippen LogP) is 1.31. The Labute approximate surface area is 203 Å². The zero-order valence-corrected chi connectivity index (χ0v) is 20.9. The van der Waals surface area contributed by atoms with Gasteiger partial charge in [0.15, 0.2) is 6.35 Å². The van der Waals surface area contributed by atoms with Gasteiger partial charge in [-0.1, -0.05) is 36.8 Å². The Morgan fingerprint density at radius 2 is 1.79 bits per heavy atom. The van der Waals surface area contributed by atoms with Crippen LogP contribution < -0.4 is 10.6 Å². The van der Waals surface area contributed by atoms with Gasteiger partial charge in [-0.2, -0.15) is 0 Å². The standard InChI is InChI=1S/C26H41N5O3/c1-27-26(21-10-5-4-6-11-21)14-12-25(13-15-26)19-30(18-22(32)28-16-23(33)29(2)3)24(34)31(25)17-20-8-7-9-20/h4-6,10-11,20,24,27,34H,7-9,12-19H2,1-3H3,(H,28,32). The van der Waals surface area contributed by atoms with E-state index in [4.69, 9.17) is 0 Å². The van der Waals surface area contributed by atoms with Crippen molar-refractivity contribution in [2.24, 2.45) is 5.92 Å². The summed E-state index contributed by atoms with van der Waals surface area (Å²) in [4.78, 5) is 30.1. The summed E-state index contributed by atoms with van der Waals surface area (Å²) in [6, 6.07) is 10.7. The molecule has 8 nitrogen and oxygen atoms in total. The molecule has 1 aromatic carbocycles. The molecule has 3 N–H and O–H groups in total. The molecule has 188 valence electrons. The number of aliphatic hydroxyl groups excluding tert-OH is 1. The third-order valence-corrected chi connectivity index (χ3v) is 8.51. The van der Waals surface area contributed by atoms with Crippen LogP contribution in [0, 0.1) is 5.92 Å². The van der Waals surface area contributed by atoms with Crippen molar-refractivity contribution in [1.82, 2.24) is 25.3 Å².